The molecule has 1 amide bonds. The first kappa shape index (κ1) is 32.2. The van der Waals surface area contributed by atoms with Crippen LogP contribution in [0.4, 0.5) is 4.39 Å². The van der Waals surface area contributed by atoms with Crippen molar-refractivity contribution in [2.45, 2.75) is 71.4 Å². The molecule has 2 aromatic rings. The van der Waals surface area contributed by atoms with Gasteiger partial charge < -0.3 is 9.64 Å². The molecule has 2 fully saturated rings. The summed E-state index contributed by atoms with van der Waals surface area (Å²) in [4.78, 5) is 18.7. The summed E-state index contributed by atoms with van der Waals surface area (Å²) in [6.07, 6.45) is 2.29. The molecule has 2 atom stereocenters. The average Bonchev–Trinajstić information content (AvgIpc) is 2.92. The molecule has 0 aliphatic carbocycles. The number of nitrogens with one attached hydrogen (secondary N) is 1. The van der Waals surface area contributed by atoms with Crippen LogP contribution in [0, 0.1) is 5.92 Å². The second kappa shape index (κ2) is 15.6. The van der Waals surface area contributed by atoms with Crippen molar-refractivity contribution in [2.24, 2.45) is 5.92 Å². The second-order valence-electron chi connectivity index (χ2n) is 12.1. The lowest BCUT2D eigenvalue weighted by Crippen LogP contribution is -2.55. The van der Waals surface area contributed by atoms with E-state index in [1.54, 1.807) is 38.6 Å². The summed E-state index contributed by atoms with van der Waals surface area (Å²) in [5, 5.41) is 8.70. The lowest BCUT2D eigenvalue weighted by Gasteiger charge is -2.44. The van der Waals surface area contributed by atoms with Gasteiger partial charge in [0.15, 0.2) is 0 Å². The number of ether oxygens (including phenoxy) is 1. The zero-order valence-electron chi connectivity index (χ0n) is 25.0. The van der Waals surface area contributed by atoms with E-state index in [1.807, 2.05) is 12.1 Å². The number of nitrogens with zero attached hydrogens (tertiary/aromatic N) is 3. The smallest absolute Gasteiger partial charge is 0.274 e. The number of hydroxylamine groups is 1. The van der Waals surface area contributed by atoms with Gasteiger partial charge in [0.25, 0.3) is 5.91 Å². The maximum atomic E-state index is 13.4. The van der Waals surface area contributed by atoms with E-state index in [9.17, 15) is 9.18 Å². The Morgan fingerprint density at radius 3 is 2.08 bits per heavy atom. The van der Waals surface area contributed by atoms with Gasteiger partial charge >= 0.3 is 0 Å². The SMILES string of the molecule is COCC1CCN(CC(C)(C)F)CC1.C[C@@H]1CN(Cc2ccc(C(=O)NO)cc2)C[C@H](C)N1Cc1ccccc1.[HH].[HH]. The number of carbonyl (C=O) groups is 1. The molecule has 0 radical (unpaired) electrons. The molecule has 0 bridgehead atoms. The summed E-state index contributed by atoms with van der Waals surface area (Å²) in [5.41, 5.74) is 3.60. The number of alkyl halides is 1. The van der Waals surface area contributed by atoms with E-state index in [2.05, 4.69) is 58.9 Å². The molecule has 2 saturated heterocycles. The van der Waals surface area contributed by atoms with Gasteiger partial charge in [-0.1, -0.05) is 42.5 Å². The molecule has 2 aliphatic rings. The molecule has 0 saturated carbocycles. The Morgan fingerprint density at radius 2 is 1.55 bits per heavy atom. The summed E-state index contributed by atoms with van der Waals surface area (Å²) in [7, 11) is 1.75. The van der Waals surface area contributed by atoms with Crippen LogP contribution in [0.3, 0.4) is 0 Å². The van der Waals surface area contributed by atoms with Gasteiger partial charge in [0.1, 0.15) is 5.67 Å². The number of carbonyl (C=O) groups excluding carboxylic acids is 1. The van der Waals surface area contributed by atoms with Crippen LogP contribution in [0.15, 0.2) is 54.6 Å². The van der Waals surface area contributed by atoms with Crippen molar-refractivity contribution in [3.05, 3.63) is 71.3 Å². The summed E-state index contributed by atoms with van der Waals surface area (Å²) in [5.74, 6) is 0.201. The predicted molar refractivity (Wildman–Crippen MR) is 162 cm³/mol. The van der Waals surface area contributed by atoms with E-state index < -0.39 is 11.6 Å². The molecule has 40 heavy (non-hydrogen) atoms. The highest BCUT2D eigenvalue weighted by molar-refractivity contribution is 5.93. The molecular formula is C32H53FN4O3. The second-order valence-corrected chi connectivity index (χ2v) is 12.1. The van der Waals surface area contributed by atoms with Crippen LogP contribution in [0.2, 0.25) is 0 Å². The molecule has 2 heterocycles. The van der Waals surface area contributed by atoms with Crippen molar-refractivity contribution in [3.63, 3.8) is 0 Å². The lowest BCUT2D eigenvalue weighted by molar-refractivity contribution is 0.0290. The van der Waals surface area contributed by atoms with Gasteiger partial charge in [0.2, 0.25) is 0 Å². The van der Waals surface area contributed by atoms with Crippen molar-refractivity contribution in [1.82, 2.24) is 20.2 Å². The Hall–Kier alpha value is -2.36. The summed E-state index contributed by atoms with van der Waals surface area (Å²) < 4.78 is 18.5. The van der Waals surface area contributed by atoms with Crippen molar-refractivity contribution in [2.75, 3.05) is 46.4 Å². The number of rotatable bonds is 9. The molecule has 0 spiro atoms. The first-order valence-corrected chi connectivity index (χ1v) is 14.5. The number of piperazine rings is 1. The lowest BCUT2D eigenvalue weighted by atomic mass is 9.97. The maximum absolute atomic E-state index is 13.4. The van der Waals surface area contributed by atoms with Crippen LogP contribution >= 0.6 is 0 Å². The largest absolute Gasteiger partial charge is 0.384 e. The summed E-state index contributed by atoms with van der Waals surface area (Å²) in [6.45, 7) is 15.2. The average molecular weight is 561 g/mol. The highest BCUT2D eigenvalue weighted by atomic mass is 19.1. The molecule has 0 aromatic heterocycles. The molecule has 0 unspecified atom stereocenters. The van der Waals surface area contributed by atoms with Crippen molar-refractivity contribution in [1.29, 1.82) is 0 Å². The standard InChI is InChI=1S/C21H27N3O2.C11H22FNO.2H2/c1-16-12-23(14-19-8-10-20(11-9-19)21(25)22-26)13-17(2)24(16)15-18-6-4-3-5-7-18;1-11(2,12)9-13-6-4-10(5-7-13)8-14-3;;/h3-11,16-17,26H,12-15H2,1-2H3,(H,22,25);10H,4-9H2,1-3H3;2*1H/t16-,17+;;;. The monoisotopic (exact) mass is 560 g/mol. The van der Waals surface area contributed by atoms with E-state index in [4.69, 9.17) is 9.94 Å². The Bertz CT molecular complexity index is 1010. The first-order valence-electron chi connectivity index (χ1n) is 14.5. The highest BCUT2D eigenvalue weighted by Gasteiger charge is 2.29. The normalized spacial score (nSPS) is 21.5. The van der Waals surface area contributed by atoms with Gasteiger partial charge in [-0.3, -0.25) is 19.8 Å². The predicted octanol–water partition coefficient (Wildman–Crippen LogP) is 5.49. The third-order valence-electron chi connectivity index (χ3n) is 7.82. The summed E-state index contributed by atoms with van der Waals surface area (Å²) in [6, 6.07) is 19.0. The van der Waals surface area contributed by atoms with Crippen molar-refractivity contribution < 1.29 is 22.0 Å². The number of hydrogen-bond donors (Lipinski definition) is 2. The van der Waals surface area contributed by atoms with Crippen LogP contribution in [0.5, 0.6) is 0 Å². The Kier molecular flexibility index (Phi) is 12.5. The fourth-order valence-corrected chi connectivity index (χ4v) is 5.86. The first-order chi connectivity index (χ1) is 19.1. The van der Waals surface area contributed by atoms with Crippen LogP contribution in [-0.2, 0) is 17.8 Å². The van der Waals surface area contributed by atoms with Gasteiger partial charge in [-0.05, 0) is 82.8 Å². The number of methoxy groups -OCH3 is 1. The quantitative estimate of drug-likeness (QED) is 0.313. The fourth-order valence-electron chi connectivity index (χ4n) is 5.86. The zero-order valence-corrected chi connectivity index (χ0v) is 25.0. The van der Waals surface area contributed by atoms with E-state index in [0.29, 0.717) is 30.1 Å². The zero-order chi connectivity index (χ0) is 29.1. The minimum absolute atomic E-state index is 0. The summed E-state index contributed by atoms with van der Waals surface area (Å²) >= 11 is 0. The van der Waals surface area contributed by atoms with Crippen LogP contribution in [-0.4, -0.2) is 90.0 Å². The number of piperidine rings is 1. The molecule has 8 heteroatoms. The van der Waals surface area contributed by atoms with E-state index in [0.717, 1.165) is 58.7 Å². The third-order valence-corrected chi connectivity index (χ3v) is 7.82. The molecule has 226 valence electrons. The molecule has 2 aliphatic heterocycles. The van der Waals surface area contributed by atoms with E-state index >= 15 is 0 Å². The third kappa shape index (κ3) is 10.6. The molecule has 7 nitrogen and oxygen atoms in total. The van der Waals surface area contributed by atoms with E-state index in [1.165, 1.54) is 11.1 Å². The number of amides is 1. The van der Waals surface area contributed by atoms with Gasteiger partial charge in [0.05, 0.1) is 0 Å². The number of halogens is 1. The van der Waals surface area contributed by atoms with Crippen LogP contribution in [0.1, 0.15) is 64.9 Å². The Morgan fingerprint density at radius 1 is 0.975 bits per heavy atom. The van der Waals surface area contributed by atoms with Gasteiger partial charge in [0, 0.05) is 66.9 Å². The van der Waals surface area contributed by atoms with Gasteiger partial charge in [-0.15, -0.1) is 0 Å². The minimum atomic E-state index is -1.06. The van der Waals surface area contributed by atoms with Gasteiger partial charge in [-0.2, -0.15) is 0 Å². The molecule has 4 rings (SSSR count). The Labute approximate surface area is 243 Å². The number of hydrogen-bond acceptors (Lipinski definition) is 6. The minimum Gasteiger partial charge on any atom is -0.384 e. The van der Waals surface area contributed by atoms with Crippen LogP contribution < -0.4 is 5.48 Å². The topological polar surface area (TPSA) is 68.3 Å². The van der Waals surface area contributed by atoms with Crippen molar-refractivity contribution >= 4 is 5.91 Å². The Balaban J connectivity index is 0.000000472. The fraction of sp³-hybridized carbons (Fsp3) is 0.594. The van der Waals surface area contributed by atoms with E-state index in [-0.39, 0.29) is 2.85 Å². The highest BCUT2D eigenvalue weighted by Crippen LogP contribution is 2.22. The molecule has 2 aromatic carbocycles. The van der Waals surface area contributed by atoms with Crippen molar-refractivity contribution in [3.8, 4) is 0 Å². The van der Waals surface area contributed by atoms with Crippen LogP contribution in [0.25, 0.3) is 0 Å². The maximum Gasteiger partial charge on any atom is 0.274 e. The molecular weight excluding hydrogens is 507 g/mol. The molecule has 2 N–H and O–H groups in total. The number of likely N-dealkylation sites (tertiary alicyclic amines) is 1. The van der Waals surface area contributed by atoms with Gasteiger partial charge in [-0.25, -0.2) is 9.87 Å². The number of benzene rings is 2.